The van der Waals surface area contributed by atoms with Gasteiger partial charge in [-0.3, -0.25) is 14.4 Å². The molecule has 0 radical (unpaired) electrons. The summed E-state index contributed by atoms with van der Waals surface area (Å²) < 4.78 is 77.2. The van der Waals surface area contributed by atoms with Crippen LogP contribution >= 0.6 is 0 Å². The molecule has 1 aliphatic rings. The molecule has 1 atom stereocenters. The predicted octanol–water partition coefficient (Wildman–Crippen LogP) is 8.58. The van der Waals surface area contributed by atoms with Crippen molar-refractivity contribution in [2.75, 3.05) is 21.1 Å². The van der Waals surface area contributed by atoms with E-state index >= 15 is 0 Å². The maximum absolute atomic E-state index is 14.6. The lowest BCUT2D eigenvalue weighted by Crippen LogP contribution is -2.49. The molecule has 0 spiro atoms. The van der Waals surface area contributed by atoms with E-state index in [9.17, 15) is 26.4 Å². The van der Waals surface area contributed by atoms with Gasteiger partial charge in [-0.05, 0) is 91.7 Å². The second-order valence-electron chi connectivity index (χ2n) is 11.4. The van der Waals surface area contributed by atoms with E-state index < -0.39 is 33.8 Å². The fourth-order valence-electron chi connectivity index (χ4n) is 5.74. The normalized spacial score (nSPS) is 14.9. The third-order valence-corrected chi connectivity index (χ3v) is 9.39. The Morgan fingerprint density at radius 3 is 2.21 bits per heavy atom. The molecular formula is C37H32F3N3O4S. The molecule has 6 rings (SSSR count). The number of halogens is 3. The summed E-state index contributed by atoms with van der Waals surface area (Å²) in [5.74, 6) is -0.0216. The molecule has 48 heavy (non-hydrogen) atoms. The first-order chi connectivity index (χ1) is 22.9. The number of nitrogens with zero attached hydrogens (tertiary/aromatic N) is 2. The zero-order chi connectivity index (χ0) is 34.1. The van der Waals surface area contributed by atoms with Crippen LogP contribution in [-0.2, 0) is 22.7 Å². The summed E-state index contributed by atoms with van der Waals surface area (Å²) in [5, 5.41) is 0. The number of benzene rings is 5. The van der Waals surface area contributed by atoms with E-state index in [4.69, 9.17) is 4.74 Å². The highest BCUT2D eigenvalue weighted by Gasteiger charge is 2.41. The maximum atomic E-state index is 14.6. The van der Waals surface area contributed by atoms with Gasteiger partial charge in [0, 0.05) is 17.9 Å². The number of sulfonamides is 1. The van der Waals surface area contributed by atoms with Gasteiger partial charge in [0.15, 0.2) is 0 Å². The van der Waals surface area contributed by atoms with Crippen LogP contribution in [0.25, 0.3) is 0 Å². The van der Waals surface area contributed by atoms with Gasteiger partial charge in [-0.2, -0.15) is 13.2 Å². The fraction of sp³-hybridized carbons (Fsp3) is 0.162. The number of fused-ring (bicyclic) bond motifs is 1. The monoisotopic (exact) mass is 671 g/mol. The molecule has 0 bridgehead atoms. The molecule has 0 aromatic heterocycles. The predicted molar refractivity (Wildman–Crippen MR) is 180 cm³/mol. The van der Waals surface area contributed by atoms with Crippen molar-refractivity contribution in [1.29, 1.82) is 0 Å². The van der Waals surface area contributed by atoms with Crippen LogP contribution in [0.3, 0.4) is 0 Å². The van der Waals surface area contributed by atoms with E-state index in [1.165, 1.54) is 29.2 Å². The van der Waals surface area contributed by atoms with Gasteiger partial charge in [-0.1, -0.05) is 60.2 Å². The van der Waals surface area contributed by atoms with Crippen molar-refractivity contribution >= 4 is 33.0 Å². The number of carbonyl (C=O) groups is 1. The van der Waals surface area contributed by atoms with E-state index in [2.05, 4.69) is 4.72 Å². The van der Waals surface area contributed by atoms with Gasteiger partial charge in [0.25, 0.3) is 15.9 Å². The molecule has 246 valence electrons. The molecule has 0 fully saturated rings. The Morgan fingerprint density at radius 2 is 1.54 bits per heavy atom. The fourth-order valence-corrected chi connectivity index (χ4v) is 6.82. The standard InChI is InChI=1S/C37H32F3N3O4S/c1-3-47-31-18-16-30(17-19-31)43-35(27-10-7-11-28(22-27)37(38,39)40)42(24-26-8-5-4-6-9-26)34-21-20-32(23-33(34)36(43)44)48(45,46)41-29-14-12-25(2)13-15-29/h4-23,35,41H,3,24H2,1-2H3/t35-/m1/s1. The average molecular weight is 672 g/mol. The third-order valence-electron chi connectivity index (χ3n) is 8.01. The Morgan fingerprint density at radius 1 is 0.833 bits per heavy atom. The van der Waals surface area contributed by atoms with E-state index in [0.717, 1.165) is 23.3 Å². The Balaban J connectivity index is 1.54. The summed E-state index contributed by atoms with van der Waals surface area (Å²) in [7, 11) is -4.12. The minimum Gasteiger partial charge on any atom is -0.494 e. The zero-order valence-electron chi connectivity index (χ0n) is 26.1. The zero-order valence-corrected chi connectivity index (χ0v) is 26.9. The summed E-state index contributed by atoms with van der Waals surface area (Å²) >= 11 is 0. The maximum Gasteiger partial charge on any atom is 0.416 e. The summed E-state index contributed by atoms with van der Waals surface area (Å²) in [4.78, 5) is 17.7. The van der Waals surface area contributed by atoms with E-state index in [-0.39, 0.29) is 22.6 Å². The lowest BCUT2D eigenvalue weighted by molar-refractivity contribution is -0.137. The molecule has 1 amide bonds. The molecular weight excluding hydrogens is 639 g/mol. The van der Waals surface area contributed by atoms with Gasteiger partial charge in [0.2, 0.25) is 0 Å². The lowest BCUT2D eigenvalue weighted by Gasteiger charge is -2.46. The second kappa shape index (κ2) is 13.1. The average Bonchev–Trinajstić information content (AvgIpc) is 3.07. The number of aryl methyl sites for hydroxylation is 1. The first-order valence-electron chi connectivity index (χ1n) is 15.2. The van der Waals surface area contributed by atoms with E-state index in [0.29, 0.717) is 29.4 Å². The van der Waals surface area contributed by atoms with Crippen molar-refractivity contribution in [3.8, 4) is 5.75 Å². The smallest absolute Gasteiger partial charge is 0.416 e. The topological polar surface area (TPSA) is 78.9 Å². The van der Waals surface area contributed by atoms with Gasteiger partial charge in [-0.15, -0.1) is 0 Å². The van der Waals surface area contributed by atoms with Crippen molar-refractivity contribution in [3.63, 3.8) is 0 Å². The largest absolute Gasteiger partial charge is 0.494 e. The van der Waals surface area contributed by atoms with E-state index in [1.807, 2.05) is 49.1 Å². The van der Waals surface area contributed by atoms with Gasteiger partial charge in [-0.25, -0.2) is 8.42 Å². The Labute approximate surface area is 277 Å². The summed E-state index contributed by atoms with van der Waals surface area (Å²) in [6.07, 6.45) is -5.65. The van der Waals surface area contributed by atoms with Crippen LogP contribution in [0.15, 0.2) is 126 Å². The van der Waals surface area contributed by atoms with Crippen molar-refractivity contribution in [2.45, 2.75) is 37.6 Å². The molecule has 1 heterocycles. The van der Waals surface area contributed by atoms with Crippen LogP contribution in [0.2, 0.25) is 0 Å². The first-order valence-corrected chi connectivity index (χ1v) is 16.7. The van der Waals surface area contributed by atoms with Crippen LogP contribution in [-0.4, -0.2) is 20.9 Å². The SMILES string of the molecule is CCOc1ccc(N2C(=O)c3cc(S(=O)(=O)Nc4ccc(C)cc4)ccc3N(Cc3ccccc3)[C@H]2c2cccc(C(F)(F)F)c2)cc1. The highest BCUT2D eigenvalue weighted by atomic mass is 32.2. The Kier molecular flexibility index (Phi) is 8.89. The van der Waals surface area contributed by atoms with Gasteiger partial charge in [0.1, 0.15) is 11.9 Å². The molecule has 0 unspecified atom stereocenters. The number of amides is 1. The van der Waals surface area contributed by atoms with Crippen LogP contribution < -0.4 is 19.3 Å². The highest BCUT2D eigenvalue weighted by molar-refractivity contribution is 7.92. The Bertz CT molecular complexity index is 2040. The molecule has 0 aliphatic carbocycles. The number of carbonyl (C=O) groups excluding carboxylic acids is 1. The van der Waals surface area contributed by atoms with Crippen LogP contribution in [0.5, 0.6) is 5.75 Å². The van der Waals surface area contributed by atoms with Crippen LogP contribution in [0, 0.1) is 6.92 Å². The molecule has 1 N–H and O–H groups in total. The minimum absolute atomic E-state index is 0.0785. The summed E-state index contributed by atoms with van der Waals surface area (Å²) in [6.45, 7) is 4.34. The number of alkyl halides is 3. The minimum atomic E-state index is -4.62. The van der Waals surface area contributed by atoms with Gasteiger partial charge < -0.3 is 9.64 Å². The van der Waals surface area contributed by atoms with Gasteiger partial charge in [0.05, 0.1) is 28.3 Å². The van der Waals surface area contributed by atoms with Crippen LogP contribution in [0.4, 0.5) is 30.2 Å². The number of rotatable bonds is 9. The van der Waals surface area contributed by atoms with Crippen molar-refractivity contribution in [3.05, 3.63) is 149 Å². The van der Waals surface area contributed by atoms with Gasteiger partial charge >= 0.3 is 6.18 Å². The molecule has 5 aromatic carbocycles. The molecule has 0 saturated carbocycles. The molecule has 0 saturated heterocycles. The lowest BCUT2D eigenvalue weighted by atomic mass is 9.98. The number of nitrogens with one attached hydrogen (secondary N) is 1. The van der Waals surface area contributed by atoms with Crippen molar-refractivity contribution in [2.24, 2.45) is 0 Å². The highest BCUT2D eigenvalue weighted by Crippen LogP contribution is 2.44. The first kappa shape index (κ1) is 32.6. The Hall–Kier alpha value is -5.29. The number of hydrogen-bond donors (Lipinski definition) is 1. The number of anilines is 3. The molecule has 11 heteroatoms. The van der Waals surface area contributed by atoms with E-state index in [1.54, 1.807) is 54.6 Å². The molecule has 5 aromatic rings. The number of hydrogen-bond acceptors (Lipinski definition) is 5. The van der Waals surface area contributed by atoms with Crippen molar-refractivity contribution in [1.82, 2.24) is 0 Å². The molecule has 1 aliphatic heterocycles. The third kappa shape index (κ3) is 6.72. The summed E-state index contributed by atoms with van der Waals surface area (Å²) in [5.41, 5.74) is 2.37. The molecule has 7 nitrogen and oxygen atoms in total. The summed E-state index contributed by atoms with van der Waals surface area (Å²) in [6, 6.07) is 32.0. The van der Waals surface area contributed by atoms with Crippen LogP contribution in [0.1, 0.15) is 45.7 Å². The van der Waals surface area contributed by atoms with Crippen molar-refractivity contribution < 1.29 is 31.1 Å². The second-order valence-corrected chi connectivity index (χ2v) is 13.0. The quantitative estimate of drug-likeness (QED) is 0.170. The number of ether oxygens (including phenoxy) is 1.